The van der Waals surface area contributed by atoms with Crippen molar-refractivity contribution in [3.63, 3.8) is 0 Å². The topological polar surface area (TPSA) is 29.5 Å². The highest BCUT2D eigenvalue weighted by molar-refractivity contribution is 5.77. The van der Waals surface area contributed by atoms with Crippen molar-refractivity contribution in [2.24, 2.45) is 5.92 Å². The summed E-state index contributed by atoms with van der Waals surface area (Å²) in [7, 11) is 1.71. The number of methoxy groups -OCH3 is 1. The molecular formula is C31H38O2. The number of ether oxygens (including phenoxy) is 1. The fourth-order valence-electron chi connectivity index (χ4n) is 5.29. The van der Waals surface area contributed by atoms with Gasteiger partial charge in [-0.1, -0.05) is 62.4 Å². The minimum absolute atomic E-state index is 0.0577. The largest absolute Gasteiger partial charge is 0.497 e. The monoisotopic (exact) mass is 442 g/mol. The Hall–Kier alpha value is -2.58. The molecule has 0 bridgehead atoms. The molecule has 3 aromatic carbocycles. The quantitative estimate of drug-likeness (QED) is 0.388. The van der Waals surface area contributed by atoms with Crippen molar-refractivity contribution in [3.8, 4) is 28.0 Å². The molecule has 2 heteroatoms. The lowest BCUT2D eigenvalue weighted by Crippen LogP contribution is -2.18. The minimum Gasteiger partial charge on any atom is -0.497 e. The molecule has 0 atom stereocenters. The molecule has 1 saturated carbocycles. The van der Waals surface area contributed by atoms with Gasteiger partial charge in [0.15, 0.2) is 0 Å². The van der Waals surface area contributed by atoms with Crippen LogP contribution >= 0.6 is 0 Å². The highest BCUT2D eigenvalue weighted by atomic mass is 16.5. The molecular weight excluding hydrogens is 404 g/mol. The fraction of sp³-hybridized carbons (Fsp3) is 0.419. The third kappa shape index (κ3) is 5.68. The molecule has 1 fully saturated rings. The van der Waals surface area contributed by atoms with Crippen molar-refractivity contribution in [2.75, 3.05) is 7.11 Å². The standard InChI is InChI=1S/C31H38O2/c1-4-24-20-28(21-25(5-2)31(24)27-14-18-30(33-3)19-15-27)26-12-8-22(9-13-26)6-7-23-10-16-29(32)17-11-23/h8-9,12-15,18-21,23,29,32H,4-7,10-11,16-17H2,1-3H3. The summed E-state index contributed by atoms with van der Waals surface area (Å²) >= 11 is 0. The van der Waals surface area contributed by atoms with Gasteiger partial charge in [-0.2, -0.15) is 0 Å². The van der Waals surface area contributed by atoms with Crippen LogP contribution in [-0.2, 0) is 19.3 Å². The highest BCUT2D eigenvalue weighted by Crippen LogP contribution is 2.35. The normalized spacial score (nSPS) is 18.3. The van der Waals surface area contributed by atoms with Gasteiger partial charge in [0.05, 0.1) is 13.2 Å². The molecule has 0 spiro atoms. The molecule has 0 aromatic heterocycles. The molecule has 1 N–H and O–H groups in total. The molecule has 0 amide bonds. The average molecular weight is 443 g/mol. The number of benzene rings is 3. The maximum absolute atomic E-state index is 9.72. The third-order valence-corrected chi connectivity index (χ3v) is 7.39. The lowest BCUT2D eigenvalue weighted by Gasteiger charge is -2.25. The van der Waals surface area contributed by atoms with Crippen LogP contribution in [0.5, 0.6) is 5.75 Å². The second kappa shape index (κ2) is 11.0. The number of rotatable bonds is 8. The second-order valence-electron chi connectivity index (χ2n) is 9.52. The number of aliphatic hydroxyl groups is 1. The first kappa shape index (κ1) is 23.6. The lowest BCUT2D eigenvalue weighted by molar-refractivity contribution is 0.106. The minimum atomic E-state index is -0.0577. The van der Waals surface area contributed by atoms with Crippen molar-refractivity contribution in [1.82, 2.24) is 0 Å². The molecule has 33 heavy (non-hydrogen) atoms. The van der Waals surface area contributed by atoms with Crippen molar-refractivity contribution < 1.29 is 9.84 Å². The van der Waals surface area contributed by atoms with E-state index in [1.54, 1.807) is 7.11 Å². The summed E-state index contributed by atoms with van der Waals surface area (Å²) < 4.78 is 5.35. The molecule has 1 aliphatic rings. The van der Waals surface area contributed by atoms with Crippen LogP contribution in [0.25, 0.3) is 22.3 Å². The van der Waals surface area contributed by atoms with Crippen LogP contribution in [0, 0.1) is 5.92 Å². The summed E-state index contributed by atoms with van der Waals surface area (Å²) in [6.45, 7) is 4.50. The van der Waals surface area contributed by atoms with Gasteiger partial charge in [0.25, 0.3) is 0 Å². The van der Waals surface area contributed by atoms with Gasteiger partial charge < -0.3 is 9.84 Å². The predicted octanol–water partition coefficient (Wildman–Crippen LogP) is 7.64. The van der Waals surface area contributed by atoms with Gasteiger partial charge in [-0.05, 0) is 108 Å². The SMILES string of the molecule is CCc1cc(-c2ccc(CCC3CCC(O)CC3)cc2)cc(CC)c1-c1ccc(OC)cc1. The van der Waals surface area contributed by atoms with Crippen LogP contribution in [-0.4, -0.2) is 18.3 Å². The van der Waals surface area contributed by atoms with Crippen molar-refractivity contribution in [1.29, 1.82) is 0 Å². The fourth-order valence-corrected chi connectivity index (χ4v) is 5.29. The molecule has 4 rings (SSSR count). The molecule has 0 saturated heterocycles. The molecule has 3 aromatic rings. The van der Waals surface area contributed by atoms with E-state index in [1.807, 2.05) is 0 Å². The maximum Gasteiger partial charge on any atom is 0.118 e. The lowest BCUT2D eigenvalue weighted by atomic mass is 9.83. The van der Waals surface area contributed by atoms with Crippen LogP contribution in [0.15, 0.2) is 60.7 Å². The Kier molecular flexibility index (Phi) is 7.88. The predicted molar refractivity (Wildman–Crippen MR) is 139 cm³/mol. The van der Waals surface area contributed by atoms with Crippen LogP contribution in [0.3, 0.4) is 0 Å². The van der Waals surface area contributed by atoms with E-state index in [0.29, 0.717) is 0 Å². The summed E-state index contributed by atoms with van der Waals surface area (Å²) in [5, 5.41) is 9.72. The van der Waals surface area contributed by atoms with E-state index < -0.39 is 0 Å². The number of hydrogen-bond acceptors (Lipinski definition) is 2. The van der Waals surface area contributed by atoms with Crippen molar-refractivity contribution in [3.05, 3.63) is 77.4 Å². The Morgan fingerprint density at radius 1 is 0.758 bits per heavy atom. The van der Waals surface area contributed by atoms with Crippen molar-refractivity contribution in [2.45, 2.75) is 71.3 Å². The van der Waals surface area contributed by atoms with Crippen LogP contribution in [0.4, 0.5) is 0 Å². The van der Waals surface area contributed by atoms with Crippen LogP contribution < -0.4 is 4.74 Å². The zero-order valence-electron chi connectivity index (χ0n) is 20.4. The molecule has 1 aliphatic carbocycles. The Morgan fingerprint density at radius 3 is 1.88 bits per heavy atom. The zero-order chi connectivity index (χ0) is 23.2. The molecule has 0 aliphatic heterocycles. The average Bonchev–Trinajstić information content (AvgIpc) is 2.88. The Bertz CT molecular complexity index is 1000. The summed E-state index contributed by atoms with van der Waals surface area (Å²) in [6, 6.07) is 22.4. The zero-order valence-corrected chi connectivity index (χ0v) is 20.4. The van der Waals surface area contributed by atoms with Gasteiger partial charge in [0.2, 0.25) is 0 Å². The van der Waals surface area contributed by atoms with E-state index in [2.05, 4.69) is 74.5 Å². The van der Waals surface area contributed by atoms with Gasteiger partial charge in [-0.3, -0.25) is 0 Å². The van der Waals surface area contributed by atoms with Gasteiger partial charge >= 0.3 is 0 Å². The van der Waals surface area contributed by atoms with E-state index in [-0.39, 0.29) is 6.10 Å². The molecule has 0 heterocycles. The highest BCUT2D eigenvalue weighted by Gasteiger charge is 2.19. The summed E-state index contributed by atoms with van der Waals surface area (Å²) in [6.07, 6.45) is 8.66. The Morgan fingerprint density at radius 2 is 1.33 bits per heavy atom. The summed E-state index contributed by atoms with van der Waals surface area (Å²) in [5.41, 5.74) is 9.48. The Labute approximate surface area is 199 Å². The number of aliphatic hydroxyl groups excluding tert-OH is 1. The van der Waals surface area contributed by atoms with Gasteiger partial charge in [-0.15, -0.1) is 0 Å². The Balaban J connectivity index is 1.53. The van der Waals surface area contributed by atoms with E-state index in [9.17, 15) is 5.11 Å². The molecule has 174 valence electrons. The molecule has 0 radical (unpaired) electrons. The van der Waals surface area contributed by atoms with Crippen molar-refractivity contribution >= 4 is 0 Å². The first-order valence-electron chi connectivity index (χ1n) is 12.7. The van der Waals surface area contributed by atoms with Crippen LogP contribution in [0.1, 0.15) is 62.6 Å². The first-order chi connectivity index (χ1) is 16.1. The molecule has 0 unspecified atom stereocenters. The first-order valence-corrected chi connectivity index (χ1v) is 12.7. The van der Waals surface area contributed by atoms with E-state index in [1.165, 1.54) is 58.2 Å². The van der Waals surface area contributed by atoms with Gasteiger partial charge in [0.1, 0.15) is 5.75 Å². The van der Waals surface area contributed by atoms with Gasteiger partial charge in [0, 0.05) is 0 Å². The van der Waals surface area contributed by atoms with E-state index in [0.717, 1.165) is 43.8 Å². The van der Waals surface area contributed by atoms with E-state index >= 15 is 0 Å². The third-order valence-electron chi connectivity index (χ3n) is 7.39. The maximum atomic E-state index is 9.72. The van der Waals surface area contributed by atoms with Crippen LogP contribution in [0.2, 0.25) is 0 Å². The summed E-state index contributed by atoms with van der Waals surface area (Å²) in [4.78, 5) is 0. The van der Waals surface area contributed by atoms with E-state index in [4.69, 9.17) is 4.74 Å². The smallest absolute Gasteiger partial charge is 0.118 e. The molecule has 2 nitrogen and oxygen atoms in total. The number of hydrogen-bond donors (Lipinski definition) is 1. The second-order valence-corrected chi connectivity index (χ2v) is 9.52. The summed E-state index contributed by atoms with van der Waals surface area (Å²) in [5.74, 6) is 1.67. The van der Waals surface area contributed by atoms with Gasteiger partial charge in [-0.25, -0.2) is 0 Å². The number of aryl methyl sites for hydroxylation is 3.